The maximum atomic E-state index is 12.5. The summed E-state index contributed by atoms with van der Waals surface area (Å²) < 4.78 is 10.6. The van der Waals surface area contributed by atoms with Crippen LogP contribution in [0.1, 0.15) is 0 Å². The lowest BCUT2D eigenvalue weighted by Gasteiger charge is -2.08. The monoisotopic (exact) mass is 413 g/mol. The highest BCUT2D eigenvalue weighted by Gasteiger charge is 2.15. The molecular weight excluding hydrogens is 401 g/mol. The minimum absolute atomic E-state index is 0.150. The lowest BCUT2D eigenvalue weighted by Crippen LogP contribution is -2.05. The van der Waals surface area contributed by atoms with E-state index in [-0.39, 0.29) is 17.2 Å². The van der Waals surface area contributed by atoms with Gasteiger partial charge in [-0.2, -0.15) is 4.98 Å². The summed E-state index contributed by atoms with van der Waals surface area (Å²) in [7, 11) is 1.59. The summed E-state index contributed by atoms with van der Waals surface area (Å²) in [4.78, 5) is 21.1. The van der Waals surface area contributed by atoms with Gasteiger partial charge in [-0.15, -0.1) is 0 Å². The molecule has 0 saturated carbocycles. The fraction of sp³-hybridized carbons (Fsp3) is 0.0500. The number of anilines is 2. The van der Waals surface area contributed by atoms with Crippen LogP contribution in [0.3, 0.4) is 0 Å². The zero-order valence-corrected chi connectivity index (χ0v) is 16.1. The maximum absolute atomic E-state index is 12.5. The molecule has 8 heteroatoms. The molecule has 140 valence electrons. The predicted molar refractivity (Wildman–Crippen MR) is 110 cm³/mol. The van der Waals surface area contributed by atoms with Gasteiger partial charge in [0, 0.05) is 23.5 Å². The standard InChI is InChI=1S/C20H13Cl2N3O3/c1-27-13-5-2-4-12(9-13)24-20-23-10-11-8-14(19(26)28-18(11)25-20)17-15(21)6-3-7-16(17)22/h2-10H,1H3,(H,23,24,25). The SMILES string of the molecule is COc1cccc(Nc2ncc3cc(-c4c(Cl)cccc4Cl)c(=O)oc3n2)c1. The van der Waals surface area contributed by atoms with Crippen LogP contribution in [0.5, 0.6) is 5.75 Å². The van der Waals surface area contributed by atoms with Crippen LogP contribution < -0.4 is 15.7 Å². The third kappa shape index (κ3) is 3.52. The normalized spacial score (nSPS) is 10.8. The van der Waals surface area contributed by atoms with Gasteiger partial charge in [-0.3, -0.25) is 0 Å². The summed E-state index contributed by atoms with van der Waals surface area (Å²) in [6, 6.07) is 13.9. The van der Waals surface area contributed by atoms with Crippen molar-refractivity contribution in [3.8, 4) is 16.9 Å². The quantitative estimate of drug-likeness (QED) is 0.488. The van der Waals surface area contributed by atoms with E-state index in [1.807, 2.05) is 18.2 Å². The molecular formula is C20H13Cl2N3O3. The molecule has 4 rings (SSSR count). The van der Waals surface area contributed by atoms with E-state index in [4.69, 9.17) is 32.4 Å². The number of nitrogens with one attached hydrogen (secondary N) is 1. The van der Waals surface area contributed by atoms with Crippen LogP contribution in [0.4, 0.5) is 11.6 Å². The first-order valence-electron chi connectivity index (χ1n) is 8.21. The number of aromatic nitrogens is 2. The number of fused-ring (bicyclic) bond motifs is 1. The summed E-state index contributed by atoms with van der Waals surface area (Å²) in [6.07, 6.45) is 1.56. The second-order valence-electron chi connectivity index (χ2n) is 5.86. The Morgan fingerprint density at radius 3 is 2.57 bits per heavy atom. The molecule has 0 aliphatic carbocycles. The number of halogens is 2. The van der Waals surface area contributed by atoms with Crippen molar-refractivity contribution >= 4 is 45.9 Å². The van der Waals surface area contributed by atoms with E-state index >= 15 is 0 Å². The van der Waals surface area contributed by atoms with Gasteiger partial charge in [0.2, 0.25) is 11.7 Å². The Labute approximate surface area is 169 Å². The largest absolute Gasteiger partial charge is 0.497 e. The van der Waals surface area contributed by atoms with Gasteiger partial charge in [0.15, 0.2) is 0 Å². The van der Waals surface area contributed by atoms with Gasteiger partial charge in [-0.05, 0) is 30.3 Å². The molecule has 0 aliphatic heterocycles. The van der Waals surface area contributed by atoms with E-state index in [1.54, 1.807) is 43.6 Å². The Morgan fingerprint density at radius 1 is 1.07 bits per heavy atom. The Hall–Kier alpha value is -3.09. The molecule has 0 amide bonds. The fourth-order valence-corrected chi connectivity index (χ4v) is 3.33. The third-order valence-corrected chi connectivity index (χ3v) is 4.68. The molecule has 2 aromatic carbocycles. The molecule has 0 spiro atoms. The molecule has 0 fully saturated rings. The van der Waals surface area contributed by atoms with Crippen molar-refractivity contribution in [1.29, 1.82) is 0 Å². The van der Waals surface area contributed by atoms with E-state index in [1.165, 1.54) is 0 Å². The van der Waals surface area contributed by atoms with Crippen molar-refractivity contribution in [3.05, 3.63) is 75.2 Å². The van der Waals surface area contributed by atoms with Crippen molar-refractivity contribution in [1.82, 2.24) is 9.97 Å². The summed E-state index contributed by atoms with van der Waals surface area (Å²) in [5, 5.41) is 4.31. The molecule has 1 N–H and O–H groups in total. The van der Waals surface area contributed by atoms with Gasteiger partial charge >= 0.3 is 5.63 Å². The Kier molecular flexibility index (Phi) is 4.90. The first-order chi connectivity index (χ1) is 13.5. The highest BCUT2D eigenvalue weighted by Crippen LogP contribution is 2.33. The number of ether oxygens (including phenoxy) is 1. The Morgan fingerprint density at radius 2 is 1.82 bits per heavy atom. The van der Waals surface area contributed by atoms with Crippen molar-refractivity contribution in [2.24, 2.45) is 0 Å². The lowest BCUT2D eigenvalue weighted by molar-refractivity contribution is 0.415. The van der Waals surface area contributed by atoms with Crippen LogP contribution in [0.25, 0.3) is 22.2 Å². The predicted octanol–water partition coefficient (Wildman–Crippen LogP) is 5.31. The lowest BCUT2D eigenvalue weighted by atomic mass is 10.1. The van der Waals surface area contributed by atoms with Crippen LogP contribution >= 0.6 is 23.2 Å². The van der Waals surface area contributed by atoms with Gasteiger partial charge < -0.3 is 14.5 Å². The zero-order chi connectivity index (χ0) is 19.7. The van der Waals surface area contributed by atoms with E-state index in [0.29, 0.717) is 26.7 Å². The molecule has 2 heterocycles. The Balaban J connectivity index is 1.75. The summed E-state index contributed by atoms with van der Waals surface area (Å²) in [5.74, 6) is 0.978. The highest BCUT2D eigenvalue weighted by atomic mass is 35.5. The number of hydrogen-bond acceptors (Lipinski definition) is 6. The third-order valence-electron chi connectivity index (χ3n) is 4.05. The van der Waals surface area contributed by atoms with Crippen LogP contribution in [0, 0.1) is 0 Å². The van der Waals surface area contributed by atoms with E-state index in [2.05, 4.69) is 15.3 Å². The minimum Gasteiger partial charge on any atom is -0.497 e. The summed E-state index contributed by atoms with van der Waals surface area (Å²) >= 11 is 12.4. The summed E-state index contributed by atoms with van der Waals surface area (Å²) in [5.41, 5.74) is 0.964. The van der Waals surface area contributed by atoms with E-state index < -0.39 is 5.63 Å². The highest BCUT2D eigenvalue weighted by molar-refractivity contribution is 6.39. The van der Waals surface area contributed by atoms with Gasteiger partial charge in [0.1, 0.15) is 5.75 Å². The average molecular weight is 414 g/mol. The zero-order valence-electron chi connectivity index (χ0n) is 14.6. The number of nitrogens with zero attached hydrogens (tertiary/aromatic N) is 2. The molecule has 4 aromatic rings. The van der Waals surface area contributed by atoms with Crippen molar-refractivity contribution in [2.75, 3.05) is 12.4 Å². The number of methoxy groups -OCH3 is 1. The fourth-order valence-electron chi connectivity index (χ4n) is 2.73. The number of hydrogen-bond donors (Lipinski definition) is 1. The van der Waals surface area contributed by atoms with Crippen LogP contribution in [-0.4, -0.2) is 17.1 Å². The maximum Gasteiger partial charge on any atom is 0.345 e. The second-order valence-corrected chi connectivity index (χ2v) is 6.67. The molecule has 6 nitrogen and oxygen atoms in total. The van der Waals surface area contributed by atoms with Gasteiger partial charge in [-0.1, -0.05) is 35.3 Å². The minimum atomic E-state index is -0.589. The number of benzene rings is 2. The second kappa shape index (κ2) is 7.50. The molecule has 0 bridgehead atoms. The number of rotatable bonds is 4. The topological polar surface area (TPSA) is 77.2 Å². The van der Waals surface area contributed by atoms with Crippen molar-refractivity contribution in [2.45, 2.75) is 0 Å². The smallest absolute Gasteiger partial charge is 0.345 e. The van der Waals surface area contributed by atoms with Gasteiger partial charge in [0.05, 0.1) is 28.1 Å². The van der Waals surface area contributed by atoms with Gasteiger partial charge in [0.25, 0.3) is 0 Å². The van der Waals surface area contributed by atoms with Crippen LogP contribution in [0.2, 0.25) is 10.0 Å². The molecule has 28 heavy (non-hydrogen) atoms. The van der Waals surface area contributed by atoms with Gasteiger partial charge in [-0.25, -0.2) is 9.78 Å². The Bertz CT molecular complexity index is 1220. The molecule has 0 saturated heterocycles. The van der Waals surface area contributed by atoms with Crippen molar-refractivity contribution < 1.29 is 9.15 Å². The molecule has 2 aromatic heterocycles. The molecule has 0 unspecified atom stereocenters. The first kappa shape index (κ1) is 18.3. The van der Waals surface area contributed by atoms with Crippen LogP contribution in [-0.2, 0) is 0 Å². The first-order valence-corrected chi connectivity index (χ1v) is 8.97. The van der Waals surface area contributed by atoms with E-state index in [0.717, 1.165) is 5.69 Å². The van der Waals surface area contributed by atoms with Crippen molar-refractivity contribution in [3.63, 3.8) is 0 Å². The molecule has 0 radical (unpaired) electrons. The average Bonchev–Trinajstić information content (AvgIpc) is 2.68. The van der Waals surface area contributed by atoms with E-state index in [9.17, 15) is 4.79 Å². The van der Waals surface area contributed by atoms with Crippen LogP contribution in [0.15, 0.2) is 63.9 Å². The molecule has 0 aliphatic rings. The summed E-state index contributed by atoms with van der Waals surface area (Å²) in [6.45, 7) is 0. The molecule has 0 atom stereocenters.